The van der Waals surface area contributed by atoms with Crippen LogP contribution in [-0.2, 0) is 6.42 Å². The number of halogens is 5. The predicted molar refractivity (Wildman–Crippen MR) is 152 cm³/mol. The molecule has 1 aliphatic rings. The fourth-order valence-corrected chi connectivity index (χ4v) is 5.33. The highest BCUT2D eigenvalue weighted by molar-refractivity contribution is 6.35. The van der Waals surface area contributed by atoms with Crippen LogP contribution in [0.5, 0.6) is 0 Å². The minimum Gasteiger partial charge on any atom is -0.462 e. The molecule has 0 aliphatic carbocycles. The van der Waals surface area contributed by atoms with E-state index in [1.54, 1.807) is 66.7 Å². The normalized spacial score (nSPS) is 14.4. The van der Waals surface area contributed by atoms with Gasteiger partial charge in [0.05, 0.1) is 6.26 Å². The molecule has 0 amide bonds. The Bertz CT molecular complexity index is 1800. The monoisotopic (exact) mass is 581 g/mol. The molecule has 0 spiro atoms. The van der Waals surface area contributed by atoms with Gasteiger partial charge < -0.3 is 9.32 Å². The molecule has 6 nitrogen and oxygen atoms in total. The van der Waals surface area contributed by atoms with Crippen LogP contribution < -0.4 is 4.90 Å². The van der Waals surface area contributed by atoms with Crippen molar-refractivity contribution in [2.75, 3.05) is 19.0 Å². The molecule has 5 aromatic rings. The first-order valence-corrected chi connectivity index (χ1v) is 12.9. The molecule has 0 saturated carbocycles. The Kier molecular flexibility index (Phi) is 6.43. The van der Waals surface area contributed by atoms with Crippen LogP contribution in [0.25, 0.3) is 27.9 Å². The summed E-state index contributed by atoms with van der Waals surface area (Å²) in [6, 6.07) is 18.8. The molecule has 0 bridgehead atoms. The number of furan rings is 1. The molecule has 2 aromatic heterocycles. The zero-order valence-corrected chi connectivity index (χ0v) is 22.7. The zero-order chi connectivity index (χ0) is 28.2. The topological polar surface area (TPSA) is 59.5 Å². The van der Waals surface area contributed by atoms with Crippen molar-refractivity contribution in [3.8, 4) is 11.4 Å². The van der Waals surface area contributed by atoms with Gasteiger partial charge in [-0.1, -0.05) is 53.5 Å². The van der Waals surface area contributed by atoms with Gasteiger partial charge in [0.2, 0.25) is 0 Å². The molecular formula is C29H20Cl2F3N5O. The fourth-order valence-electron chi connectivity index (χ4n) is 4.81. The van der Waals surface area contributed by atoms with Gasteiger partial charge in [-0.2, -0.15) is 17.9 Å². The standard InChI is InChI=1S/C29H20Cl2F3N5O/c1-38(2)23-9-8-22(25-20(23)10-11-40-25)35-28-24(29(32,33)34)21(12-16-6-4-3-5-7-16)27-36-26(37-39(27)28)17-13-18(30)15-19(31)14-17/h3-11,13-15H,12H2,1-2H3/b35-28+. The van der Waals surface area contributed by atoms with Gasteiger partial charge in [0.25, 0.3) is 0 Å². The molecule has 0 atom stereocenters. The van der Waals surface area contributed by atoms with Crippen LogP contribution in [-0.4, -0.2) is 40.9 Å². The lowest BCUT2D eigenvalue weighted by Crippen LogP contribution is -2.23. The molecule has 202 valence electrons. The van der Waals surface area contributed by atoms with Crippen LogP contribution >= 0.6 is 23.2 Å². The third-order valence-corrected chi connectivity index (χ3v) is 6.95. The average Bonchev–Trinajstić information content (AvgIpc) is 3.60. The lowest BCUT2D eigenvalue weighted by atomic mass is 10.0. The van der Waals surface area contributed by atoms with Gasteiger partial charge in [-0.15, -0.1) is 5.10 Å². The number of rotatable bonds is 5. The van der Waals surface area contributed by atoms with Crippen LogP contribution in [0.4, 0.5) is 24.5 Å². The second-order valence-electron chi connectivity index (χ2n) is 9.44. The van der Waals surface area contributed by atoms with E-state index in [-0.39, 0.29) is 29.3 Å². The summed E-state index contributed by atoms with van der Waals surface area (Å²) in [4.78, 5) is 10.9. The predicted octanol–water partition coefficient (Wildman–Crippen LogP) is 8.21. The largest absolute Gasteiger partial charge is 0.462 e. The quantitative estimate of drug-likeness (QED) is 0.210. The van der Waals surface area contributed by atoms with E-state index in [1.165, 1.54) is 6.26 Å². The number of fused-ring (bicyclic) bond motifs is 2. The second-order valence-corrected chi connectivity index (χ2v) is 10.3. The maximum Gasteiger partial charge on any atom is 0.420 e. The lowest BCUT2D eigenvalue weighted by molar-refractivity contribution is -0.0856. The summed E-state index contributed by atoms with van der Waals surface area (Å²) in [5.74, 6) is -0.178. The Morgan fingerprint density at radius 1 is 0.975 bits per heavy atom. The number of hydrogen-bond acceptors (Lipinski definition) is 5. The number of benzene rings is 3. The van der Waals surface area contributed by atoms with E-state index < -0.39 is 17.6 Å². The van der Waals surface area contributed by atoms with Crippen molar-refractivity contribution < 1.29 is 17.6 Å². The highest BCUT2D eigenvalue weighted by atomic mass is 35.5. The number of aliphatic imine (C=N–C) groups is 1. The molecule has 6 rings (SSSR count). The number of hydrogen-bond donors (Lipinski definition) is 0. The maximum absolute atomic E-state index is 14.8. The minimum absolute atomic E-state index is 0.0289. The van der Waals surface area contributed by atoms with Crippen molar-refractivity contribution in [2.24, 2.45) is 4.99 Å². The number of aromatic nitrogens is 3. The SMILES string of the molecule is CN(C)c1ccc(/N=C2\C(C(F)(F)F)=C(Cc3ccccc3)c3nc(-c4cc(Cl)cc(Cl)c4)nn32)c2occc12. The fraction of sp³-hybridized carbons (Fsp3) is 0.138. The summed E-state index contributed by atoms with van der Waals surface area (Å²) in [5.41, 5.74) is 1.65. The van der Waals surface area contributed by atoms with Gasteiger partial charge in [-0.25, -0.2) is 9.98 Å². The van der Waals surface area contributed by atoms with Crippen molar-refractivity contribution in [3.05, 3.63) is 100.0 Å². The highest BCUT2D eigenvalue weighted by Gasteiger charge is 2.47. The van der Waals surface area contributed by atoms with Gasteiger partial charge in [-0.3, -0.25) is 0 Å². The van der Waals surface area contributed by atoms with Crippen LogP contribution in [0.3, 0.4) is 0 Å². The van der Waals surface area contributed by atoms with Crippen LogP contribution in [0, 0.1) is 0 Å². The Balaban J connectivity index is 1.61. The molecule has 0 fully saturated rings. The van der Waals surface area contributed by atoms with Crippen LogP contribution in [0.1, 0.15) is 11.4 Å². The van der Waals surface area contributed by atoms with Crippen molar-refractivity contribution >= 4 is 57.0 Å². The Morgan fingerprint density at radius 2 is 1.70 bits per heavy atom. The summed E-state index contributed by atoms with van der Waals surface area (Å²) in [6.45, 7) is 0. The molecule has 0 saturated heterocycles. The second kappa shape index (κ2) is 9.83. The van der Waals surface area contributed by atoms with E-state index in [2.05, 4.69) is 15.1 Å². The summed E-state index contributed by atoms with van der Waals surface area (Å²) in [5, 5.41) is 5.89. The molecule has 0 N–H and O–H groups in total. The number of alkyl halides is 3. The van der Waals surface area contributed by atoms with E-state index in [1.807, 2.05) is 19.0 Å². The van der Waals surface area contributed by atoms with Crippen LogP contribution in [0.15, 0.2) is 88.0 Å². The summed E-state index contributed by atoms with van der Waals surface area (Å²) in [7, 11) is 3.74. The molecule has 0 radical (unpaired) electrons. The van der Waals surface area contributed by atoms with Gasteiger partial charge in [0, 0.05) is 52.8 Å². The van der Waals surface area contributed by atoms with E-state index >= 15 is 0 Å². The van der Waals surface area contributed by atoms with E-state index in [0.717, 1.165) is 15.8 Å². The number of nitrogens with zero attached hydrogens (tertiary/aromatic N) is 5. The van der Waals surface area contributed by atoms with Gasteiger partial charge in [-0.05, 0) is 42.0 Å². The first-order chi connectivity index (χ1) is 19.1. The Hall–Kier alpha value is -4.08. The first-order valence-electron chi connectivity index (χ1n) is 12.2. The lowest BCUT2D eigenvalue weighted by Gasteiger charge is -2.15. The molecule has 11 heteroatoms. The third kappa shape index (κ3) is 4.65. The van der Waals surface area contributed by atoms with E-state index in [0.29, 0.717) is 26.8 Å². The number of anilines is 1. The van der Waals surface area contributed by atoms with Crippen LogP contribution in [0.2, 0.25) is 10.0 Å². The van der Waals surface area contributed by atoms with Crippen molar-refractivity contribution in [1.82, 2.24) is 14.8 Å². The molecule has 0 unspecified atom stereocenters. The van der Waals surface area contributed by atoms with Crippen molar-refractivity contribution in [1.29, 1.82) is 0 Å². The van der Waals surface area contributed by atoms with Gasteiger partial charge in [0.1, 0.15) is 11.3 Å². The molecule has 3 heterocycles. The van der Waals surface area contributed by atoms with Crippen molar-refractivity contribution in [2.45, 2.75) is 12.6 Å². The third-order valence-electron chi connectivity index (χ3n) is 6.51. The number of allylic oxidation sites excluding steroid dienone is 2. The smallest absolute Gasteiger partial charge is 0.420 e. The molecular weight excluding hydrogens is 562 g/mol. The Labute approximate surface area is 237 Å². The maximum atomic E-state index is 14.8. The van der Waals surface area contributed by atoms with E-state index in [9.17, 15) is 13.2 Å². The Morgan fingerprint density at radius 3 is 2.38 bits per heavy atom. The molecule has 1 aliphatic heterocycles. The first kappa shape index (κ1) is 26.2. The molecule has 3 aromatic carbocycles. The summed E-state index contributed by atoms with van der Waals surface area (Å²) >= 11 is 12.4. The summed E-state index contributed by atoms with van der Waals surface area (Å²) < 4.78 is 51.2. The minimum atomic E-state index is -4.74. The van der Waals surface area contributed by atoms with Gasteiger partial charge >= 0.3 is 6.18 Å². The van der Waals surface area contributed by atoms with Gasteiger partial charge in [0.15, 0.2) is 23.1 Å². The highest BCUT2D eigenvalue weighted by Crippen LogP contribution is 2.42. The van der Waals surface area contributed by atoms with Crippen molar-refractivity contribution in [3.63, 3.8) is 0 Å². The zero-order valence-electron chi connectivity index (χ0n) is 21.2. The average molecular weight is 582 g/mol. The molecule has 40 heavy (non-hydrogen) atoms. The summed E-state index contributed by atoms with van der Waals surface area (Å²) in [6.07, 6.45) is -3.28. The van der Waals surface area contributed by atoms with E-state index in [4.69, 9.17) is 27.6 Å².